The van der Waals surface area contributed by atoms with Crippen LogP contribution < -0.4 is 10.1 Å². The number of hydrogen-bond acceptors (Lipinski definition) is 3. The summed E-state index contributed by atoms with van der Waals surface area (Å²) in [4.78, 5) is 13.6. The van der Waals surface area contributed by atoms with E-state index in [-0.39, 0.29) is 5.91 Å². The summed E-state index contributed by atoms with van der Waals surface area (Å²) in [6, 6.07) is 7.89. The Morgan fingerprint density at radius 3 is 2.58 bits per heavy atom. The first-order chi connectivity index (χ1) is 9.17. The molecule has 0 saturated heterocycles. The lowest BCUT2D eigenvalue weighted by molar-refractivity contribution is -0.130. The predicted molar refractivity (Wildman–Crippen MR) is 77.2 cm³/mol. The van der Waals surface area contributed by atoms with Gasteiger partial charge in [0.25, 0.3) is 0 Å². The van der Waals surface area contributed by atoms with Crippen LogP contribution in [0.1, 0.15) is 25.3 Å². The maximum Gasteiger partial charge on any atom is 0.222 e. The highest BCUT2D eigenvalue weighted by atomic mass is 16.5. The molecule has 1 aromatic carbocycles. The maximum atomic E-state index is 11.9. The first-order valence-electron chi connectivity index (χ1n) is 6.77. The number of carbonyl (C=O) groups is 1. The Labute approximate surface area is 115 Å². The van der Waals surface area contributed by atoms with E-state index in [4.69, 9.17) is 4.74 Å². The molecule has 0 unspecified atom stereocenters. The lowest BCUT2D eigenvalue weighted by Crippen LogP contribution is -2.26. The van der Waals surface area contributed by atoms with Crippen LogP contribution in [-0.4, -0.2) is 38.1 Å². The van der Waals surface area contributed by atoms with Crippen molar-refractivity contribution in [2.75, 3.05) is 27.2 Å². The van der Waals surface area contributed by atoms with E-state index in [1.54, 1.807) is 4.90 Å². The van der Waals surface area contributed by atoms with Crippen molar-refractivity contribution in [3.63, 3.8) is 0 Å². The molecule has 0 aliphatic heterocycles. The van der Waals surface area contributed by atoms with E-state index < -0.39 is 0 Å². The lowest BCUT2D eigenvalue weighted by atomic mass is 10.2. The standard InChI is InChI=1S/C15H24N2O2/c1-4-19-14-9-7-13(8-10-14)12-17(3)15(18)6-5-11-16-2/h7-10,16H,4-6,11-12H2,1-3H3. The van der Waals surface area contributed by atoms with Crippen LogP contribution in [0, 0.1) is 0 Å². The van der Waals surface area contributed by atoms with Crippen molar-refractivity contribution in [1.29, 1.82) is 0 Å². The Morgan fingerprint density at radius 1 is 1.32 bits per heavy atom. The number of hydrogen-bond donors (Lipinski definition) is 1. The van der Waals surface area contributed by atoms with Crippen molar-refractivity contribution in [2.45, 2.75) is 26.3 Å². The van der Waals surface area contributed by atoms with Gasteiger partial charge in [0.1, 0.15) is 5.75 Å². The summed E-state index contributed by atoms with van der Waals surface area (Å²) in [6.07, 6.45) is 1.47. The normalized spacial score (nSPS) is 10.3. The molecule has 4 heteroatoms. The van der Waals surface area contributed by atoms with Gasteiger partial charge in [-0.3, -0.25) is 4.79 Å². The molecule has 19 heavy (non-hydrogen) atoms. The van der Waals surface area contributed by atoms with Crippen LogP contribution in [0.5, 0.6) is 5.75 Å². The van der Waals surface area contributed by atoms with E-state index in [0.29, 0.717) is 19.6 Å². The quantitative estimate of drug-likeness (QED) is 0.731. The van der Waals surface area contributed by atoms with Gasteiger partial charge in [0.2, 0.25) is 5.91 Å². The molecule has 0 radical (unpaired) electrons. The average Bonchev–Trinajstić information content (AvgIpc) is 2.41. The molecule has 0 heterocycles. The predicted octanol–water partition coefficient (Wildman–Crippen LogP) is 2.04. The molecule has 0 saturated carbocycles. The zero-order valence-corrected chi connectivity index (χ0v) is 12.1. The van der Waals surface area contributed by atoms with Gasteiger partial charge in [-0.2, -0.15) is 0 Å². The monoisotopic (exact) mass is 264 g/mol. The second-order valence-electron chi connectivity index (χ2n) is 4.53. The Hall–Kier alpha value is -1.55. The molecular formula is C15H24N2O2. The summed E-state index contributed by atoms with van der Waals surface area (Å²) in [5, 5.41) is 3.05. The molecule has 1 rings (SSSR count). The first kappa shape index (κ1) is 15.5. The Kier molecular flexibility index (Phi) is 6.97. The zero-order chi connectivity index (χ0) is 14.1. The number of nitrogens with one attached hydrogen (secondary N) is 1. The molecule has 4 nitrogen and oxygen atoms in total. The number of ether oxygens (including phenoxy) is 1. The molecule has 0 aliphatic rings. The third-order valence-corrected chi connectivity index (χ3v) is 2.90. The minimum absolute atomic E-state index is 0.184. The molecule has 1 N–H and O–H groups in total. The first-order valence-corrected chi connectivity index (χ1v) is 6.77. The summed E-state index contributed by atoms with van der Waals surface area (Å²) >= 11 is 0. The van der Waals surface area contributed by atoms with Gasteiger partial charge in [-0.1, -0.05) is 12.1 Å². The van der Waals surface area contributed by atoms with Crippen LogP contribution in [0.4, 0.5) is 0 Å². The van der Waals surface area contributed by atoms with Crippen molar-refractivity contribution in [2.24, 2.45) is 0 Å². The Balaban J connectivity index is 2.42. The van der Waals surface area contributed by atoms with Gasteiger partial charge in [-0.25, -0.2) is 0 Å². The van der Waals surface area contributed by atoms with Gasteiger partial charge in [0.15, 0.2) is 0 Å². The van der Waals surface area contributed by atoms with Crippen molar-refractivity contribution in [3.8, 4) is 5.75 Å². The highest BCUT2D eigenvalue weighted by Gasteiger charge is 2.08. The largest absolute Gasteiger partial charge is 0.494 e. The van der Waals surface area contributed by atoms with Gasteiger partial charge in [0.05, 0.1) is 6.61 Å². The molecule has 1 aromatic rings. The second kappa shape index (κ2) is 8.53. The van der Waals surface area contributed by atoms with E-state index in [1.807, 2.05) is 45.3 Å². The summed E-state index contributed by atoms with van der Waals surface area (Å²) in [7, 11) is 3.74. The molecule has 0 aromatic heterocycles. The van der Waals surface area contributed by atoms with E-state index >= 15 is 0 Å². The number of nitrogens with zero attached hydrogens (tertiary/aromatic N) is 1. The molecule has 0 aliphatic carbocycles. The number of amides is 1. The summed E-state index contributed by atoms with van der Waals surface area (Å²) in [5.41, 5.74) is 1.12. The van der Waals surface area contributed by atoms with E-state index in [9.17, 15) is 4.79 Å². The van der Waals surface area contributed by atoms with Crippen molar-refractivity contribution >= 4 is 5.91 Å². The van der Waals surface area contributed by atoms with E-state index in [1.165, 1.54) is 0 Å². The number of benzene rings is 1. The Bertz CT molecular complexity index is 376. The van der Waals surface area contributed by atoms with Crippen LogP contribution in [0.2, 0.25) is 0 Å². The minimum Gasteiger partial charge on any atom is -0.494 e. The van der Waals surface area contributed by atoms with Gasteiger partial charge in [-0.15, -0.1) is 0 Å². The van der Waals surface area contributed by atoms with Crippen LogP contribution in [0.25, 0.3) is 0 Å². The van der Waals surface area contributed by atoms with E-state index in [2.05, 4.69) is 5.32 Å². The molecule has 1 amide bonds. The summed E-state index contributed by atoms with van der Waals surface area (Å²) in [6.45, 7) is 4.15. The fourth-order valence-electron chi connectivity index (χ4n) is 1.83. The smallest absolute Gasteiger partial charge is 0.222 e. The van der Waals surface area contributed by atoms with Crippen LogP contribution in [0.3, 0.4) is 0 Å². The van der Waals surface area contributed by atoms with Crippen LogP contribution in [-0.2, 0) is 11.3 Å². The van der Waals surface area contributed by atoms with Crippen LogP contribution >= 0.6 is 0 Å². The van der Waals surface area contributed by atoms with Gasteiger partial charge in [0, 0.05) is 20.0 Å². The molecular weight excluding hydrogens is 240 g/mol. The maximum absolute atomic E-state index is 11.9. The zero-order valence-electron chi connectivity index (χ0n) is 12.1. The topological polar surface area (TPSA) is 41.6 Å². The number of rotatable bonds is 8. The molecule has 0 atom stereocenters. The highest BCUT2D eigenvalue weighted by molar-refractivity contribution is 5.75. The third-order valence-electron chi connectivity index (χ3n) is 2.90. The summed E-state index contributed by atoms with van der Waals surface area (Å²) in [5.74, 6) is 1.05. The van der Waals surface area contributed by atoms with Crippen molar-refractivity contribution in [3.05, 3.63) is 29.8 Å². The molecule has 0 bridgehead atoms. The molecule has 106 valence electrons. The Morgan fingerprint density at radius 2 is 2.00 bits per heavy atom. The van der Waals surface area contributed by atoms with E-state index in [0.717, 1.165) is 24.3 Å². The minimum atomic E-state index is 0.184. The van der Waals surface area contributed by atoms with Gasteiger partial charge >= 0.3 is 0 Å². The third kappa shape index (κ3) is 5.75. The second-order valence-corrected chi connectivity index (χ2v) is 4.53. The van der Waals surface area contributed by atoms with Gasteiger partial charge in [-0.05, 0) is 44.6 Å². The lowest BCUT2D eigenvalue weighted by Gasteiger charge is -2.17. The highest BCUT2D eigenvalue weighted by Crippen LogP contribution is 2.13. The fraction of sp³-hybridized carbons (Fsp3) is 0.533. The summed E-state index contributed by atoms with van der Waals surface area (Å²) < 4.78 is 5.39. The van der Waals surface area contributed by atoms with Crippen LogP contribution in [0.15, 0.2) is 24.3 Å². The van der Waals surface area contributed by atoms with Gasteiger partial charge < -0.3 is 15.0 Å². The number of carbonyl (C=O) groups excluding carboxylic acids is 1. The SMILES string of the molecule is CCOc1ccc(CN(C)C(=O)CCCNC)cc1. The van der Waals surface area contributed by atoms with Crippen molar-refractivity contribution in [1.82, 2.24) is 10.2 Å². The van der Waals surface area contributed by atoms with Crippen molar-refractivity contribution < 1.29 is 9.53 Å². The average molecular weight is 264 g/mol. The molecule has 0 spiro atoms. The molecule has 0 fully saturated rings. The fourth-order valence-corrected chi connectivity index (χ4v) is 1.83.